The van der Waals surface area contributed by atoms with Crippen LogP contribution in [0.3, 0.4) is 0 Å². The van der Waals surface area contributed by atoms with E-state index in [4.69, 9.17) is 0 Å². The monoisotopic (exact) mass is 332 g/mol. The SMILES string of the molecule is CC(C#N)(NCc1ccccc1)c1cc(Br)ccc1F. The molecule has 1 N–H and O–H groups in total. The zero-order chi connectivity index (χ0) is 14.6. The highest BCUT2D eigenvalue weighted by Gasteiger charge is 2.29. The predicted octanol–water partition coefficient (Wildman–Crippen LogP) is 4.12. The molecule has 0 saturated heterocycles. The van der Waals surface area contributed by atoms with E-state index in [2.05, 4.69) is 27.3 Å². The summed E-state index contributed by atoms with van der Waals surface area (Å²) in [4.78, 5) is 0. The van der Waals surface area contributed by atoms with Gasteiger partial charge in [-0.3, -0.25) is 5.32 Å². The fourth-order valence-electron chi connectivity index (χ4n) is 1.95. The van der Waals surface area contributed by atoms with Crippen molar-refractivity contribution in [1.29, 1.82) is 5.26 Å². The Bertz CT molecular complexity index is 637. The molecule has 0 spiro atoms. The van der Waals surface area contributed by atoms with Crippen molar-refractivity contribution in [2.45, 2.75) is 19.0 Å². The summed E-state index contributed by atoms with van der Waals surface area (Å²) in [7, 11) is 0. The number of halogens is 2. The zero-order valence-electron chi connectivity index (χ0n) is 11.0. The molecule has 2 rings (SSSR count). The molecule has 4 heteroatoms. The molecule has 0 bridgehead atoms. The lowest BCUT2D eigenvalue weighted by atomic mass is 9.92. The van der Waals surface area contributed by atoms with Gasteiger partial charge in [0.1, 0.15) is 11.4 Å². The standard InChI is InChI=1S/C16H14BrFN2/c1-16(11-19,14-9-13(17)7-8-15(14)18)20-10-12-5-3-2-4-6-12/h2-9,20H,10H2,1H3. The van der Waals surface area contributed by atoms with Gasteiger partial charge in [-0.2, -0.15) is 5.26 Å². The lowest BCUT2D eigenvalue weighted by Gasteiger charge is -2.24. The maximum absolute atomic E-state index is 14.0. The minimum atomic E-state index is -1.08. The van der Waals surface area contributed by atoms with Crippen molar-refractivity contribution in [3.8, 4) is 6.07 Å². The van der Waals surface area contributed by atoms with Crippen LogP contribution in [0.5, 0.6) is 0 Å². The molecule has 0 amide bonds. The summed E-state index contributed by atoms with van der Waals surface area (Å²) in [5.41, 5.74) is 0.304. The van der Waals surface area contributed by atoms with Crippen LogP contribution in [0, 0.1) is 17.1 Å². The molecule has 2 aromatic carbocycles. The molecule has 0 radical (unpaired) electrons. The largest absolute Gasteiger partial charge is 0.292 e. The lowest BCUT2D eigenvalue weighted by Crippen LogP contribution is -2.38. The average molecular weight is 333 g/mol. The van der Waals surface area contributed by atoms with Crippen LogP contribution in [0.25, 0.3) is 0 Å². The summed E-state index contributed by atoms with van der Waals surface area (Å²) in [6, 6.07) is 16.5. The van der Waals surface area contributed by atoms with E-state index in [1.54, 1.807) is 19.1 Å². The lowest BCUT2D eigenvalue weighted by molar-refractivity contribution is 0.439. The molecule has 0 saturated carbocycles. The molecule has 1 unspecified atom stereocenters. The highest BCUT2D eigenvalue weighted by Crippen LogP contribution is 2.26. The van der Waals surface area contributed by atoms with Crippen molar-refractivity contribution in [1.82, 2.24) is 5.32 Å². The number of nitrogens with one attached hydrogen (secondary N) is 1. The van der Waals surface area contributed by atoms with Crippen LogP contribution in [-0.2, 0) is 12.1 Å². The van der Waals surface area contributed by atoms with Crippen LogP contribution >= 0.6 is 15.9 Å². The van der Waals surface area contributed by atoms with E-state index in [0.29, 0.717) is 12.1 Å². The summed E-state index contributed by atoms with van der Waals surface area (Å²) in [5.74, 6) is -0.391. The third-order valence-electron chi connectivity index (χ3n) is 3.18. The van der Waals surface area contributed by atoms with Gasteiger partial charge in [-0.25, -0.2) is 4.39 Å². The minimum absolute atomic E-state index is 0.338. The van der Waals surface area contributed by atoms with Crippen LogP contribution in [0.2, 0.25) is 0 Å². The Morgan fingerprint density at radius 3 is 2.60 bits per heavy atom. The third-order valence-corrected chi connectivity index (χ3v) is 3.67. The number of hydrogen-bond donors (Lipinski definition) is 1. The Kier molecular flexibility index (Phi) is 4.53. The van der Waals surface area contributed by atoms with Crippen LogP contribution in [-0.4, -0.2) is 0 Å². The van der Waals surface area contributed by atoms with E-state index in [1.807, 2.05) is 30.3 Å². The van der Waals surface area contributed by atoms with E-state index in [-0.39, 0.29) is 0 Å². The van der Waals surface area contributed by atoms with Crippen molar-refractivity contribution in [3.63, 3.8) is 0 Å². The highest BCUT2D eigenvalue weighted by molar-refractivity contribution is 9.10. The van der Waals surface area contributed by atoms with Gasteiger partial charge in [-0.1, -0.05) is 46.3 Å². The van der Waals surface area contributed by atoms with Crippen molar-refractivity contribution in [2.24, 2.45) is 0 Å². The fourth-order valence-corrected chi connectivity index (χ4v) is 2.31. The second-order valence-corrected chi connectivity index (χ2v) is 5.62. The van der Waals surface area contributed by atoms with E-state index in [9.17, 15) is 9.65 Å². The molecule has 0 aliphatic rings. The van der Waals surface area contributed by atoms with E-state index in [0.717, 1.165) is 10.0 Å². The number of hydrogen-bond acceptors (Lipinski definition) is 2. The van der Waals surface area contributed by atoms with Crippen LogP contribution in [0.1, 0.15) is 18.1 Å². The molecule has 0 aliphatic heterocycles. The summed E-state index contributed by atoms with van der Waals surface area (Å²) < 4.78 is 14.7. The second kappa shape index (κ2) is 6.17. The molecule has 0 aliphatic carbocycles. The zero-order valence-corrected chi connectivity index (χ0v) is 12.6. The molecule has 0 heterocycles. The molecule has 1 atom stereocenters. The molecule has 2 nitrogen and oxygen atoms in total. The minimum Gasteiger partial charge on any atom is -0.292 e. The smallest absolute Gasteiger partial charge is 0.132 e. The van der Waals surface area contributed by atoms with Gasteiger partial charge in [0.15, 0.2) is 0 Å². The first kappa shape index (κ1) is 14.7. The first-order valence-corrected chi connectivity index (χ1v) is 7.00. The number of benzene rings is 2. The van der Waals surface area contributed by atoms with Crippen LogP contribution in [0.15, 0.2) is 53.0 Å². The Balaban J connectivity index is 2.25. The first-order chi connectivity index (χ1) is 9.55. The first-order valence-electron chi connectivity index (χ1n) is 6.21. The van der Waals surface area contributed by atoms with Gasteiger partial charge in [-0.15, -0.1) is 0 Å². The molecular weight excluding hydrogens is 319 g/mol. The molecule has 2 aromatic rings. The van der Waals surface area contributed by atoms with Crippen molar-refractivity contribution < 1.29 is 4.39 Å². The molecular formula is C16H14BrFN2. The van der Waals surface area contributed by atoms with E-state index < -0.39 is 11.4 Å². The Labute approximate surface area is 126 Å². The van der Waals surface area contributed by atoms with Gasteiger partial charge in [0.25, 0.3) is 0 Å². The number of rotatable bonds is 4. The number of nitriles is 1. The topological polar surface area (TPSA) is 35.8 Å². The Morgan fingerprint density at radius 1 is 1.25 bits per heavy atom. The van der Waals surface area contributed by atoms with Crippen molar-refractivity contribution in [2.75, 3.05) is 0 Å². The van der Waals surface area contributed by atoms with E-state index >= 15 is 0 Å². The van der Waals surface area contributed by atoms with Crippen LogP contribution in [0.4, 0.5) is 4.39 Å². The van der Waals surface area contributed by atoms with Gasteiger partial charge in [0, 0.05) is 16.6 Å². The fraction of sp³-hybridized carbons (Fsp3) is 0.188. The summed E-state index contributed by atoms with van der Waals surface area (Å²) in [6.45, 7) is 2.18. The van der Waals surface area contributed by atoms with Gasteiger partial charge < -0.3 is 0 Å². The van der Waals surface area contributed by atoms with Crippen molar-refractivity contribution >= 4 is 15.9 Å². The predicted molar refractivity (Wildman–Crippen MR) is 80.3 cm³/mol. The second-order valence-electron chi connectivity index (χ2n) is 4.70. The molecule has 0 aromatic heterocycles. The molecule has 0 fully saturated rings. The Hall–Kier alpha value is -1.70. The van der Waals surface area contributed by atoms with Gasteiger partial charge in [0.05, 0.1) is 6.07 Å². The quantitative estimate of drug-likeness (QED) is 0.914. The maximum Gasteiger partial charge on any atom is 0.132 e. The van der Waals surface area contributed by atoms with Crippen LogP contribution < -0.4 is 5.32 Å². The van der Waals surface area contributed by atoms with E-state index in [1.165, 1.54) is 6.07 Å². The summed E-state index contributed by atoms with van der Waals surface area (Å²) in [5, 5.41) is 12.6. The normalized spacial score (nSPS) is 13.5. The number of nitrogens with zero attached hydrogens (tertiary/aromatic N) is 1. The highest BCUT2D eigenvalue weighted by atomic mass is 79.9. The molecule has 102 valence electrons. The van der Waals surface area contributed by atoms with Crippen molar-refractivity contribution in [3.05, 3.63) is 69.9 Å². The maximum atomic E-state index is 14.0. The average Bonchev–Trinajstić information content (AvgIpc) is 2.48. The third kappa shape index (κ3) is 3.24. The van der Waals surface area contributed by atoms with Gasteiger partial charge in [-0.05, 0) is 30.7 Å². The summed E-state index contributed by atoms with van der Waals surface area (Å²) >= 11 is 3.31. The summed E-state index contributed by atoms with van der Waals surface area (Å²) in [6.07, 6.45) is 0. The molecule has 20 heavy (non-hydrogen) atoms. The van der Waals surface area contributed by atoms with Gasteiger partial charge in [0.2, 0.25) is 0 Å². The van der Waals surface area contributed by atoms with Gasteiger partial charge >= 0.3 is 0 Å². The Morgan fingerprint density at radius 2 is 1.95 bits per heavy atom.